The maximum atomic E-state index is 13.9. The molecule has 0 bridgehead atoms. The van der Waals surface area contributed by atoms with Crippen molar-refractivity contribution in [3.63, 3.8) is 0 Å². The Morgan fingerprint density at radius 2 is 1.74 bits per heavy atom. The van der Waals surface area contributed by atoms with E-state index in [2.05, 4.69) is 4.98 Å². The second-order valence-electron chi connectivity index (χ2n) is 4.13. The molecule has 3 nitrogen and oxygen atoms in total. The Bertz CT molecular complexity index is 696. The molecular weight excluding hydrogens is 340 g/mol. The number of H-pyrrole nitrogens is 1. The predicted octanol–water partition coefficient (Wildman–Crippen LogP) is 5.95. The van der Waals surface area contributed by atoms with E-state index >= 15 is 0 Å². The molecule has 0 fully saturated rings. The number of aromatic amines is 1. The van der Waals surface area contributed by atoms with Crippen LogP contribution in [0.4, 0.5) is 4.39 Å². The van der Waals surface area contributed by atoms with Crippen LogP contribution >= 0.6 is 23.2 Å². The third-order valence-corrected chi connectivity index (χ3v) is 3.44. The van der Waals surface area contributed by atoms with E-state index < -0.39 is 11.6 Å². The molecule has 2 rings (SSSR count). The Kier molecular flexibility index (Phi) is 8.80. The number of carbonyl (C=O) groups excluding carboxylic acids is 2. The van der Waals surface area contributed by atoms with Crippen molar-refractivity contribution in [2.45, 2.75) is 34.6 Å². The van der Waals surface area contributed by atoms with E-state index in [0.717, 1.165) is 0 Å². The van der Waals surface area contributed by atoms with Gasteiger partial charge in [-0.15, -0.1) is 0 Å². The molecule has 6 heteroatoms. The Hall–Kier alpha value is -1.65. The van der Waals surface area contributed by atoms with Gasteiger partial charge in [0.1, 0.15) is 0 Å². The molecule has 0 aliphatic heterocycles. The molecule has 1 N–H and O–H groups in total. The van der Waals surface area contributed by atoms with Crippen molar-refractivity contribution in [1.29, 1.82) is 0 Å². The molecule has 0 radical (unpaired) electrons. The van der Waals surface area contributed by atoms with Crippen LogP contribution in [0, 0.1) is 5.82 Å². The summed E-state index contributed by atoms with van der Waals surface area (Å²) in [7, 11) is 0. The molecule has 0 aliphatic rings. The highest BCUT2D eigenvalue weighted by atomic mass is 35.5. The fourth-order valence-corrected chi connectivity index (χ4v) is 2.15. The lowest BCUT2D eigenvalue weighted by molar-refractivity contribution is 0.0983. The van der Waals surface area contributed by atoms with E-state index in [1.165, 1.54) is 24.4 Å². The molecule has 0 aliphatic carbocycles. The fraction of sp³-hybridized carbons (Fsp3) is 0.294. The van der Waals surface area contributed by atoms with Gasteiger partial charge in [-0.1, -0.05) is 51.4 Å². The first-order chi connectivity index (χ1) is 10.5. The maximum Gasteiger partial charge on any atom is 0.199 e. The number of halogens is 3. The van der Waals surface area contributed by atoms with Crippen LogP contribution in [-0.4, -0.2) is 16.6 Å². The average molecular weight is 360 g/mol. The molecular formula is C17H20Cl2FNO2. The van der Waals surface area contributed by atoms with Crippen molar-refractivity contribution in [3.8, 4) is 0 Å². The van der Waals surface area contributed by atoms with Gasteiger partial charge in [0.15, 0.2) is 17.4 Å². The predicted molar refractivity (Wildman–Crippen MR) is 93.3 cm³/mol. The first-order valence-electron chi connectivity index (χ1n) is 6.85. The fourth-order valence-electron chi connectivity index (χ4n) is 1.76. The lowest BCUT2D eigenvalue weighted by Crippen LogP contribution is -2.05. The summed E-state index contributed by atoms with van der Waals surface area (Å²) in [6.45, 7) is 5.71. The Balaban J connectivity index is 0.00000155. The second-order valence-corrected chi connectivity index (χ2v) is 4.94. The molecule has 1 heterocycles. The molecule has 1 aromatic carbocycles. The number of nitrogens with one attached hydrogen (secondary N) is 1. The molecule has 0 saturated heterocycles. The van der Waals surface area contributed by atoms with Crippen LogP contribution in [0.15, 0.2) is 24.4 Å². The Morgan fingerprint density at radius 3 is 2.30 bits per heavy atom. The number of carbonyl (C=O) groups is 2. The minimum atomic E-state index is -0.867. The van der Waals surface area contributed by atoms with E-state index in [4.69, 9.17) is 23.2 Å². The maximum absolute atomic E-state index is 13.9. The summed E-state index contributed by atoms with van der Waals surface area (Å²) in [5.41, 5.74) is 0.160. The van der Waals surface area contributed by atoms with Crippen molar-refractivity contribution >= 4 is 34.8 Å². The van der Waals surface area contributed by atoms with Crippen molar-refractivity contribution in [2.75, 3.05) is 0 Å². The molecule has 1 aromatic heterocycles. The summed E-state index contributed by atoms with van der Waals surface area (Å²) in [6, 6.07) is 4.01. The summed E-state index contributed by atoms with van der Waals surface area (Å²) < 4.78 is 13.9. The third kappa shape index (κ3) is 4.66. The van der Waals surface area contributed by atoms with Crippen LogP contribution in [0.1, 0.15) is 61.0 Å². The third-order valence-electron chi connectivity index (χ3n) is 2.84. The second kappa shape index (κ2) is 9.48. The summed E-state index contributed by atoms with van der Waals surface area (Å²) in [4.78, 5) is 26.5. The lowest BCUT2D eigenvalue weighted by atomic mass is 10.0. The number of hydrogen-bond donors (Lipinski definition) is 1. The summed E-state index contributed by atoms with van der Waals surface area (Å²) in [6.07, 6.45) is 1.66. The van der Waals surface area contributed by atoms with Gasteiger partial charge < -0.3 is 4.98 Å². The molecule has 0 saturated carbocycles. The minimum absolute atomic E-state index is 0. The van der Waals surface area contributed by atoms with Crippen LogP contribution < -0.4 is 0 Å². The lowest BCUT2D eigenvalue weighted by Gasteiger charge is -2.04. The number of rotatable bonds is 4. The first kappa shape index (κ1) is 21.4. The number of ketones is 2. The molecule has 126 valence electrons. The van der Waals surface area contributed by atoms with Crippen LogP contribution in [0.2, 0.25) is 10.0 Å². The topological polar surface area (TPSA) is 49.9 Å². The Labute approximate surface area is 145 Å². The van der Waals surface area contributed by atoms with E-state index in [-0.39, 0.29) is 34.4 Å². The van der Waals surface area contributed by atoms with Crippen molar-refractivity contribution in [2.24, 2.45) is 0 Å². The smallest absolute Gasteiger partial charge is 0.199 e. The van der Waals surface area contributed by atoms with Crippen molar-refractivity contribution in [3.05, 3.63) is 57.1 Å². The summed E-state index contributed by atoms with van der Waals surface area (Å²) >= 11 is 11.5. The van der Waals surface area contributed by atoms with Gasteiger partial charge in [0.2, 0.25) is 0 Å². The van der Waals surface area contributed by atoms with Gasteiger partial charge in [-0.2, -0.15) is 0 Å². The number of benzene rings is 1. The number of aromatic nitrogens is 1. The minimum Gasteiger partial charge on any atom is -0.358 e. The monoisotopic (exact) mass is 359 g/mol. The molecule has 2 aromatic rings. The summed E-state index contributed by atoms with van der Waals surface area (Å²) in [5.74, 6) is -1.63. The molecule has 23 heavy (non-hydrogen) atoms. The average Bonchev–Trinajstić information content (AvgIpc) is 3.02. The van der Waals surface area contributed by atoms with Gasteiger partial charge in [-0.05, 0) is 18.2 Å². The number of hydrogen-bond acceptors (Lipinski definition) is 2. The highest BCUT2D eigenvalue weighted by molar-refractivity contribution is 6.37. The van der Waals surface area contributed by atoms with Crippen molar-refractivity contribution in [1.82, 2.24) is 4.98 Å². The highest BCUT2D eigenvalue weighted by Gasteiger charge is 2.21. The van der Waals surface area contributed by atoms with Crippen LogP contribution in [0.5, 0.6) is 0 Å². The van der Waals surface area contributed by atoms with E-state index in [1.54, 1.807) is 6.92 Å². The first-order valence-corrected chi connectivity index (χ1v) is 7.61. The van der Waals surface area contributed by atoms with Gasteiger partial charge in [-0.3, -0.25) is 9.59 Å². The van der Waals surface area contributed by atoms with Gasteiger partial charge >= 0.3 is 0 Å². The Morgan fingerprint density at radius 1 is 1.17 bits per heavy atom. The van der Waals surface area contributed by atoms with Gasteiger partial charge in [0.05, 0.1) is 21.3 Å². The molecule has 0 spiro atoms. The normalized spacial score (nSPS) is 9.48. The van der Waals surface area contributed by atoms with Gasteiger partial charge in [0.25, 0.3) is 0 Å². The van der Waals surface area contributed by atoms with E-state index in [1.807, 2.05) is 13.8 Å². The summed E-state index contributed by atoms with van der Waals surface area (Å²) in [5, 5.41) is -0.209. The van der Waals surface area contributed by atoms with Crippen LogP contribution in [0.3, 0.4) is 0 Å². The molecule has 0 unspecified atom stereocenters. The SMILES string of the molecule is C.CC.CCC(=O)c1cc(C(=O)c2c(Cl)ccc(Cl)c2F)c[nH]1. The zero-order valence-corrected chi connectivity index (χ0v) is 14.0. The van der Waals surface area contributed by atoms with Crippen LogP contribution in [-0.2, 0) is 0 Å². The van der Waals surface area contributed by atoms with Crippen LogP contribution in [0.25, 0.3) is 0 Å². The van der Waals surface area contributed by atoms with E-state index in [9.17, 15) is 14.0 Å². The van der Waals surface area contributed by atoms with Crippen molar-refractivity contribution < 1.29 is 14.0 Å². The number of Topliss-reactive ketones (excluding diaryl/α,β-unsaturated/α-hetero) is 1. The zero-order chi connectivity index (χ0) is 16.9. The van der Waals surface area contributed by atoms with E-state index in [0.29, 0.717) is 12.1 Å². The highest BCUT2D eigenvalue weighted by Crippen LogP contribution is 2.28. The standard InChI is InChI=1S/C14H10Cl2FNO2.C2H6.CH4/c1-2-11(19)10-5-7(6-18-10)14(20)12-8(15)3-4-9(16)13(12)17;1-2;/h3-6,18H,2H2,1H3;1-2H3;1H4. The molecule has 0 atom stereocenters. The van der Waals surface area contributed by atoms with Gasteiger partial charge in [0, 0.05) is 18.2 Å². The zero-order valence-electron chi connectivity index (χ0n) is 12.5. The van der Waals surface area contributed by atoms with Gasteiger partial charge in [-0.25, -0.2) is 4.39 Å². The quantitative estimate of drug-likeness (QED) is 0.541. The largest absolute Gasteiger partial charge is 0.358 e. The molecule has 0 amide bonds.